The molecule has 0 aliphatic carbocycles. The Bertz CT molecular complexity index is 519. The quantitative estimate of drug-likeness (QED) is 0.598. The van der Waals surface area contributed by atoms with E-state index < -0.39 is 0 Å². The molecule has 0 atom stereocenters. The van der Waals surface area contributed by atoms with E-state index in [1.807, 2.05) is 24.4 Å². The maximum Gasteiger partial charge on any atom is 0.143 e. The molecule has 1 aromatic carbocycles. The number of benzene rings is 1. The summed E-state index contributed by atoms with van der Waals surface area (Å²) < 4.78 is 1.07. The van der Waals surface area contributed by atoms with Crippen LogP contribution in [0, 0.1) is 3.57 Å². The van der Waals surface area contributed by atoms with E-state index in [9.17, 15) is 0 Å². The van der Waals surface area contributed by atoms with Gasteiger partial charge >= 0.3 is 0 Å². The molecule has 5 heteroatoms. The largest absolute Gasteiger partial charge is 0.369 e. The first-order chi connectivity index (χ1) is 9.29. The van der Waals surface area contributed by atoms with Crippen LogP contribution in [0.25, 0.3) is 0 Å². The summed E-state index contributed by atoms with van der Waals surface area (Å²) in [7, 11) is 0. The molecule has 0 saturated carbocycles. The van der Waals surface area contributed by atoms with Crippen molar-refractivity contribution in [2.24, 2.45) is 0 Å². The first-order valence-electron chi connectivity index (χ1n) is 6.22. The van der Waals surface area contributed by atoms with Crippen molar-refractivity contribution < 1.29 is 0 Å². The Kier molecular flexibility index (Phi) is 5.91. The molecule has 3 nitrogen and oxygen atoms in total. The zero-order chi connectivity index (χ0) is 13.5. The molecule has 0 amide bonds. The SMILES string of the molecule is CCCNc1nc(CSc2ccccc2)ncc1I. The number of hydrogen-bond acceptors (Lipinski definition) is 4. The lowest BCUT2D eigenvalue weighted by Gasteiger charge is -2.08. The average Bonchev–Trinajstić information content (AvgIpc) is 2.46. The van der Waals surface area contributed by atoms with Crippen molar-refractivity contribution in [3.05, 3.63) is 45.9 Å². The number of rotatable bonds is 6. The number of hydrogen-bond donors (Lipinski definition) is 1. The Hall–Kier alpha value is -0.820. The summed E-state index contributed by atoms with van der Waals surface area (Å²) in [6, 6.07) is 10.3. The maximum atomic E-state index is 4.57. The van der Waals surface area contributed by atoms with Gasteiger partial charge in [-0.1, -0.05) is 25.1 Å². The van der Waals surface area contributed by atoms with Crippen LogP contribution in [-0.2, 0) is 5.75 Å². The first kappa shape index (κ1) is 14.6. The lowest BCUT2D eigenvalue weighted by Crippen LogP contribution is -2.06. The molecule has 0 aliphatic rings. The van der Waals surface area contributed by atoms with Gasteiger partial charge in [0.15, 0.2) is 0 Å². The van der Waals surface area contributed by atoms with Crippen molar-refractivity contribution in [3.63, 3.8) is 0 Å². The fourth-order valence-corrected chi connectivity index (χ4v) is 2.74. The zero-order valence-corrected chi connectivity index (χ0v) is 13.7. The van der Waals surface area contributed by atoms with Crippen molar-refractivity contribution in [1.29, 1.82) is 0 Å². The average molecular weight is 385 g/mol. The number of halogens is 1. The van der Waals surface area contributed by atoms with Crippen LogP contribution in [0.5, 0.6) is 0 Å². The number of thioether (sulfide) groups is 1. The van der Waals surface area contributed by atoms with Crippen LogP contribution in [0.2, 0.25) is 0 Å². The van der Waals surface area contributed by atoms with Gasteiger partial charge in [0.1, 0.15) is 11.6 Å². The summed E-state index contributed by atoms with van der Waals surface area (Å²) in [5, 5.41) is 3.33. The van der Waals surface area contributed by atoms with E-state index in [2.05, 4.69) is 56.9 Å². The minimum Gasteiger partial charge on any atom is -0.369 e. The summed E-state index contributed by atoms with van der Waals surface area (Å²) in [5.74, 6) is 2.61. The van der Waals surface area contributed by atoms with Gasteiger partial charge in [0.2, 0.25) is 0 Å². The third-order valence-electron chi connectivity index (χ3n) is 2.45. The Balaban J connectivity index is 2.00. The third-order valence-corrected chi connectivity index (χ3v) is 4.25. The summed E-state index contributed by atoms with van der Waals surface area (Å²) in [4.78, 5) is 10.2. The predicted molar refractivity (Wildman–Crippen MR) is 89.5 cm³/mol. The molecule has 0 saturated heterocycles. The highest BCUT2D eigenvalue weighted by molar-refractivity contribution is 14.1. The Morgan fingerprint density at radius 2 is 2.05 bits per heavy atom. The second kappa shape index (κ2) is 7.69. The van der Waals surface area contributed by atoms with E-state index in [-0.39, 0.29) is 0 Å². The second-order valence-corrected chi connectivity index (χ2v) is 6.22. The fraction of sp³-hybridized carbons (Fsp3) is 0.286. The Morgan fingerprint density at radius 3 is 2.79 bits per heavy atom. The van der Waals surface area contributed by atoms with E-state index >= 15 is 0 Å². The molecule has 2 aromatic rings. The van der Waals surface area contributed by atoms with Crippen molar-refractivity contribution >= 4 is 40.2 Å². The Morgan fingerprint density at radius 1 is 1.26 bits per heavy atom. The predicted octanol–water partition coefficient (Wildman–Crippen LogP) is 4.20. The van der Waals surface area contributed by atoms with Crippen LogP contribution in [0.3, 0.4) is 0 Å². The van der Waals surface area contributed by atoms with Gasteiger partial charge in [-0.25, -0.2) is 9.97 Å². The highest BCUT2D eigenvalue weighted by Gasteiger charge is 2.05. The standard InChI is InChI=1S/C14H16IN3S/c1-2-8-16-14-12(15)9-17-13(18-14)10-19-11-6-4-3-5-7-11/h3-7,9H,2,8,10H2,1H3,(H,16,17,18). The fourth-order valence-electron chi connectivity index (χ4n) is 1.51. The zero-order valence-electron chi connectivity index (χ0n) is 10.8. The minimum absolute atomic E-state index is 0.793. The van der Waals surface area contributed by atoms with Gasteiger partial charge in [0, 0.05) is 17.6 Å². The van der Waals surface area contributed by atoms with E-state index in [4.69, 9.17) is 0 Å². The molecule has 0 fully saturated rings. The van der Waals surface area contributed by atoms with Gasteiger partial charge in [-0.05, 0) is 41.1 Å². The van der Waals surface area contributed by atoms with Gasteiger partial charge in [-0.15, -0.1) is 11.8 Å². The molecule has 0 bridgehead atoms. The molecule has 0 radical (unpaired) electrons. The van der Waals surface area contributed by atoms with Crippen LogP contribution in [0.15, 0.2) is 41.4 Å². The molecule has 100 valence electrons. The van der Waals surface area contributed by atoms with Crippen LogP contribution >= 0.6 is 34.4 Å². The van der Waals surface area contributed by atoms with Gasteiger partial charge in [-0.2, -0.15) is 0 Å². The number of aromatic nitrogens is 2. The molecular formula is C14H16IN3S. The summed E-state index contributed by atoms with van der Waals surface area (Å²) in [6.07, 6.45) is 2.97. The molecule has 0 aliphatic heterocycles. The smallest absolute Gasteiger partial charge is 0.143 e. The van der Waals surface area contributed by atoms with Gasteiger partial charge in [-0.3, -0.25) is 0 Å². The van der Waals surface area contributed by atoms with Crippen LogP contribution in [0.1, 0.15) is 19.2 Å². The second-order valence-electron chi connectivity index (χ2n) is 4.01. The molecule has 1 heterocycles. The van der Waals surface area contributed by atoms with Crippen molar-refractivity contribution in [1.82, 2.24) is 9.97 Å². The van der Waals surface area contributed by atoms with E-state index in [0.29, 0.717) is 0 Å². The summed E-state index contributed by atoms with van der Waals surface area (Å²) in [5.41, 5.74) is 0. The molecule has 2 rings (SSSR count). The summed E-state index contributed by atoms with van der Waals surface area (Å²) >= 11 is 4.02. The van der Waals surface area contributed by atoms with Crippen LogP contribution in [0.4, 0.5) is 5.82 Å². The lowest BCUT2D eigenvalue weighted by atomic mass is 10.4. The van der Waals surface area contributed by atoms with Crippen molar-refractivity contribution in [2.75, 3.05) is 11.9 Å². The van der Waals surface area contributed by atoms with Gasteiger partial charge < -0.3 is 5.32 Å². The van der Waals surface area contributed by atoms with E-state index in [1.54, 1.807) is 11.8 Å². The van der Waals surface area contributed by atoms with Gasteiger partial charge in [0.25, 0.3) is 0 Å². The van der Waals surface area contributed by atoms with E-state index in [0.717, 1.165) is 33.9 Å². The topological polar surface area (TPSA) is 37.8 Å². The third kappa shape index (κ3) is 4.65. The molecule has 0 unspecified atom stereocenters. The van der Waals surface area contributed by atoms with Crippen LogP contribution < -0.4 is 5.32 Å². The Labute approximate surface area is 131 Å². The maximum absolute atomic E-state index is 4.57. The molecule has 1 N–H and O–H groups in total. The molecule has 0 spiro atoms. The number of anilines is 1. The van der Waals surface area contributed by atoms with Crippen molar-refractivity contribution in [3.8, 4) is 0 Å². The highest BCUT2D eigenvalue weighted by Crippen LogP contribution is 2.22. The normalized spacial score (nSPS) is 10.4. The van der Waals surface area contributed by atoms with Gasteiger partial charge in [0.05, 0.1) is 9.32 Å². The lowest BCUT2D eigenvalue weighted by molar-refractivity contribution is 0.946. The number of nitrogens with zero attached hydrogens (tertiary/aromatic N) is 2. The van der Waals surface area contributed by atoms with Crippen molar-refractivity contribution in [2.45, 2.75) is 24.0 Å². The van der Waals surface area contributed by atoms with Crippen LogP contribution in [-0.4, -0.2) is 16.5 Å². The van der Waals surface area contributed by atoms with E-state index in [1.165, 1.54) is 4.90 Å². The minimum atomic E-state index is 0.793. The highest BCUT2D eigenvalue weighted by atomic mass is 127. The molecule has 19 heavy (non-hydrogen) atoms. The molecular weight excluding hydrogens is 369 g/mol. The first-order valence-corrected chi connectivity index (χ1v) is 8.29. The molecule has 1 aromatic heterocycles. The summed E-state index contributed by atoms with van der Waals surface area (Å²) in [6.45, 7) is 3.09. The monoisotopic (exact) mass is 385 g/mol. The number of nitrogens with one attached hydrogen (secondary N) is 1.